The van der Waals surface area contributed by atoms with Crippen molar-refractivity contribution in [2.75, 3.05) is 5.73 Å². The number of aliphatic hydroxyl groups is 1. The van der Waals surface area contributed by atoms with E-state index in [0.717, 1.165) is 11.1 Å². The number of nitrogen functional groups attached to an aromatic ring is 1. The average molecular weight is 272 g/mol. The first-order valence-electron chi connectivity index (χ1n) is 6.45. The number of aliphatic hydroxyl groups excluding tert-OH is 1. The molecule has 0 fully saturated rings. The number of rotatable bonds is 2. The van der Waals surface area contributed by atoms with Gasteiger partial charge in [0.25, 0.3) is 5.91 Å². The van der Waals surface area contributed by atoms with E-state index in [2.05, 4.69) is 15.5 Å². The molecular weight excluding hydrogens is 256 g/mol. The van der Waals surface area contributed by atoms with Gasteiger partial charge in [-0.15, -0.1) is 0 Å². The number of fused-ring (bicyclic) bond motifs is 1. The molecule has 0 aliphatic heterocycles. The van der Waals surface area contributed by atoms with Crippen LogP contribution in [0.5, 0.6) is 0 Å². The zero-order chi connectivity index (χ0) is 14.3. The highest BCUT2D eigenvalue weighted by Gasteiger charge is 2.32. The lowest BCUT2D eigenvalue weighted by Gasteiger charge is -2.17. The Morgan fingerprint density at radius 2 is 2.25 bits per heavy atom. The first-order chi connectivity index (χ1) is 9.58. The molecule has 0 unspecified atom stereocenters. The van der Waals surface area contributed by atoms with Crippen LogP contribution >= 0.6 is 0 Å². The van der Waals surface area contributed by atoms with Crippen molar-refractivity contribution in [3.63, 3.8) is 0 Å². The summed E-state index contributed by atoms with van der Waals surface area (Å²) in [4.78, 5) is 12.2. The smallest absolute Gasteiger partial charge is 0.274 e. The second-order valence-corrected chi connectivity index (χ2v) is 5.03. The SMILES string of the molecule is Cc1[nH]nc(C(=O)N[C@@H]2c3ccccc3C[C@@H]2O)c1N. The summed E-state index contributed by atoms with van der Waals surface area (Å²) in [6.45, 7) is 1.75. The van der Waals surface area contributed by atoms with Gasteiger partial charge in [-0.05, 0) is 18.1 Å². The van der Waals surface area contributed by atoms with Crippen molar-refractivity contribution in [3.05, 3.63) is 46.8 Å². The molecule has 1 amide bonds. The fourth-order valence-electron chi connectivity index (χ4n) is 2.57. The lowest BCUT2D eigenvalue weighted by Crippen LogP contribution is -2.34. The van der Waals surface area contributed by atoms with Crippen LogP contribution < -0.4 is 11.1 Å². The predicted octanol–water partition coefficient (Wildman–Crippen LogP) is 0.688. The van der Waals surface area contributed by atoms with E-state index < -0.39 is 12.1 Å². The van der Waals surface area contributed by atoms with Crippen molar-refractivity contribution in [3.8, 4) is 0 Å². The molecule has 0 bridgehead atoms. The molecule has 2 atom stereocenters. The Kier molecular flexibility index (Phi) is 2.94. The molecule has 5 N–H and O–H groups in total. The van der Waals surface area contributed by atoms with Crippen LogP contribution in [0.4, 0.5) is 5.69 Å². The number of hydrogen-bond donors (Lipinski definition) is 4. The van der Waals surface area contributed by atoms with E-state index in [4.69, 9.17) is 5.73 Å². The van der Waals surface area contributed by atoms with Gasteiger partial charge in [-0.3, -0.25) is 9.89 Å². The van der Waals surface area contributed by atoms with Crippen LogP contribution in [0.1, 0.15) is 33.4 Å². The normalized spacial score (nSPS) is 20.7. The zero-order valence-corrected chi connectivity index (χ0v) is 11.1. The molecule has 0 saturated heterocycles. The summed E-state index contributed by atoms with van der Waals surface area (Å²) in [7, 11) is 0. The highest BCUT2D eigenvalue weighted by molar-refractivity contribution is 5.97. The van der Waals surface area contributed by atoms with Crippen molar-refractivity contribution < 1.29 is 9.90 Å². The number of anilines is 1. The zero-order valence-electron chi connectivity index (χ0n) is 11.1. The number of nitrogens with zero attached hydrogens (tertiary/aromatic N) is 1. The van der Waals surface area contributed by atoms with E-state index in [1.165, 1.54) is 0 Å². The number of hydrogen-bond acceptors (Lipinski definition) is 4. The van der Waals surface area contributed by atoms with Crippen molar-refractivity contribution in [1.82, 2.24) is 15.5 Å². The lowest BCUT2D eigenvalue weighted by atomic mass is 10.1. The molecule has 0 spiro atoms. The maximum atomic E-state index is 12.2. The summed E-state index contributed by atoms with van der Waals surface area (Å²) in [6, 6.07) is 7.26. The monoisotopic (exact) mass is 272 g/mol. The summed E-state index contributed by atoms with van der Waals surface area (Å²) in [5.74, 6) is -0.382. The number of aromatic nitrogens is 2. The fraction of sp³-hybridized carbons (Fsp3) is 0.286. The maximum absolute atomic E-state index is 12.2. The molecule has 1 heterocycles. The van der Waals surface area contributed by atoms with Gasteiger partial charge in [-0.25, -0.2) is 0 Å². The number of nitrogens with two attached hydrogens (primary N) is 1. The van der Waals surface area contributed by atoms with Crippen molar-refractivity contribution in [2.45, 2.75) is 25.5 Å². The average Bonchev–Trinajstić information content (AvgIpc) is 2.92. The quantitative estimate of drug-likeness (QED) is 0.645. The van der Waals surface area contributed by atoms with Gasteiger partial charge in [0.2, 0.25) is 0 Å². The largest absolute Gasteiger partial charge is 0.395 e. The van der Waals surface area contributed by atoms with Gasteiger partial charge in [0, 0.05) is 6.42 Å². The molecule has 1 aliphatic carbocycles. The molecule has 1 aromatic heterocycles. The standard InChI is InChI=1S/C14H16N4O2/c1-7-11(15)13(18-17-7)14(20)16-12-9-5-3-2-4-8(9)6-10(12)19/h2-5,10,12,19H,6,15H2,1H3,(H,16,20)(H,17,18)/t10-,12+/m0/s1. The third-order valence-electron chi connectivity index (χ3n) is 3.70. The minimum Gasteiger partial charge on any atom is -0.395 e. The van der Waals surface area contributed by atoms with E-state index in [1.807, 2.05) is 24.3 Å². The van der Waals surface area contributed by atoms with Gasteiger partial charge in [0.05, 0.1) is 23.5 Å². The molecular formula is C14H16N4O2. The van der Waals surface area contributed by atoms with Gasteiger partial charge >= 0.3 is 0 Å². The Morgan fingerprint density at radius 1 is 1.50 bits per heavy atom. The first-order valence-corrected chi connectivity index (χ1v) is 6.45. The van der Waals surface area contributed by atoms with E-state index in [9.17, 15) is 9.90 Å². The molecule has 1 aliphatic rings. The number of carbonyl (C=O) groups excluding carboxylic acids is 1. The predicted molar refractivity (Wildman–Crippen MR) is 74.1 cm³/mol. The van der Waals surface area contributed by atoms with Crippen LogP contribution in [0.3, 0.4) is 0 Å². The van der Waals surface area contributed by atoms with Gasteiger partial charge in [0.15, 0.2) is 5.69 Å². The van der Waals surface area contributed by atoms with Crippen LogP contribution in [-0.4, -0.2) is 27.3 Å². The molecule has 20 heavy (non-hydrogen) atoms. The molecule has 3 rings (SSSR count). The Morgan fingerprint density at radius 3 is 2.95 bits per heavy atom. The Labute approximate surface area is 116 Å². The molecule has 6 nitrogen and oxygen atoms in total. The van der Waals surface area contributed by atoms with Crippen LogP contribution in [0.2, 0.25) is 0 Å². The Bertz CT molecular complexity index is 665. The third kappa shape index (κ3) is 1.94. The van der Waals surface area contributed by atoms with E-state index in [1.54, 1.807) is 6.92 Å². The Hall–Kier alpha value is -2.34. The van der Waals surface area contributed by atoms with E-state index in [0.29, 0.717) is 17.8 Å². The number of benzene rings is 1. The van der Waals surface area contributed by atoms with Gasteiger partial charge in [-0.1, -0.05) is 24.3 Å². The molecule has 104 valence electrons. The van der Waals surface area contributed by atoms with Crippen LogP contribution in [-0.2, 0) is 6.42 Å². The van der Waals surface area contributed by atoms with Crippen molar-refractivity contribution in [1.29, 1.82) is 0 Å². The minimum atomic E-state index is -0.627. The van der Waals surface area contributed by atoms with Crippen LogP contribution in [0, 0.1) is 6.92 Å². The third-order valence-corrected chi connectivity index (χ3v) is 3.70. The summed E-state index contributed by atoms with van der Waals surface area (Å²) in [5.41, 5.74) is 8.94. The number of carbonyl (C=O) groups is 1. The number of amides is 1. The number of aryl methyl sites for hydroxylation is 1. The van der Waals surface area contributed by atoms with Crippen molar-refractivity contribution >= 4 is 11.6 Å². The minimum absolute atomic E-state index is 0.166. The molecule has 2 aromatic rings. The summed E-state index contributed by atoms with van der Waals surface area (Å²) in [6.07, 6.45) is -0.0893. The van der Waals surface area contributed by atoms with Crippen LogP contribution in [0.15, 0.2) is 24.3 Å². The van der Waals surface area contributed by atoms with E-state index >= 15 is 0 Å². The second-order valence-electron chi connectivity index (χ2n) is 5.03. The fourth-order valence-corrected chi connectivity index (χ4v) is 2.57. The molecule has 1 aromatic carbocycles. The van der Waals surface area contributed by atoms with Gasteiger partial charge in [0.1, 0.15) is 0 Å². The first kappa shape index (κ1) is 12.7. The highest BCUT2D eigenvalue weighted by atomic mass is 16.3. The van der Waals surface area contributed by atoms with Gasteiger partial charge in [-0.2, -0.15) is 5.10 Å². The highest BCUT2D eigenvalue weighted by Crippen LogP contribution is 2.31. The molecule has 0 radical (unpaired) electrons. The topological polar surface area (TPSA) is 104 Å². The van der Waals surface area contributed by atoms with Gasteiger partial charge < -0.3 is 16.2 Å². The van der Waals surface area contributed by atoms with Crippen molar-refractivity contribution in [2.24, 2.45) is 0 Å². The number of aromatic amines is 1. The molecule has 6 heteroatoms. The van der Waals surface area contributed by atoms with E-state index in [-0.39, 0.29) is 11.6 Å². The summed E-state index contributed by atoms with van der Waals surface area (Å²) < 4.78 is 0. The summed E-state index contributed by atoms with van der Waals surface area (Å²) in [5, 5.41) is 19.5. The Balaban J connectivity index is 1.85. The second kappa shape index (κ2) is 4.64. The molecule has 0 saturated carbocycles. The van der Waals surface area contributed by atoms with Crippen LogP contribution in [0.25, 0.3) is 0 Å². The lowest BCUT2D eigenvalue weighted by molar-refractivity contribution is 0.0854. The summed E-state index contributed by atoms with van der Waals surface area (Å²) >= 11 is 0. The maximum Gasteiger partial charge on any atom is 0.274 e. The number of H-pyrrole nitrogens is 1. The number of nitrogens with one attached hydrogen (secondary N) is 2.